The zero-order valence-corrected chi connectivity index (χ0v) is 25.2. The van der Waals surface area contributed by atoms with Crippen LogP contribution in [0.5, 0.6) is 23.0 Å². The number of thioether (sulfide) groups is 1. The number of ether oxygens (including phenoxy) is 4. The molecule has 3 aromatic rings. The highest BCUT2D eigenvalue weighted by Gasteiger charge is 2.64. The number of hydrogen-bond donors (Lipinski definition) is 0. The molecule has 1 saturated heterocycles. The van der Waals surface area contributed by atoms with Crippen molar-refractivity contribution in [1.29, 1.82) is 0 Å². The van der Waals surface area contributed by atoms with Crippen LogP contribution in [0.1, 0.15) is 54.6 Å². The van der Waals surface area contributed by atoms with Gasteiger partial charge >= 0.3 is 5.97 Å². The summed E-state index contributed by atoms with van der Waals surface area (Å²) in [6.45, 7) is 6.22. The molecule has 0 bridgehead atoms. The zero-order chi connectivity index (χ0) is 30.0. The predicted molar refractivity (Wildman–Crippen MR) is 160 cm³/mol. The Bertz CT molecular complexity index is 1600. The lowest BCUT2D eigenvalue weighted by atomic mass is 9.80. The topological polar surface area (TPSA) is 94.6 Å². The van der Waals surface area contributed by atoms with Crippen molar-refractivity contribution in [2.75, 3.05) is 36.9 Å². The molecule has 2 amide bonds. The average Bonchev–Trinajstić information content (AvgIpc) is 3.45. The molecule has 0 aromatic heterocycles. The van der Waals surface area contributed by atoms with E-state index in [-0.39, 0.29) is 34.8 Å². The third-order valence-corrected chi connectivity index (χ3v) is 9.62. The van der Waals surface area contributed by atoms with Gasteiger partial charge in [-0.25, -0.2) is 4.79 Å². The van der Waals surface area contributed by atoms with Gasteiger partial charge in [-0.05, 0) is 68.1 Å². The molecule has 3 aliphatic rings. The standard InChI is InChI=1S/C32H32N2O7S/c1-18-16-31(2,3)34-27-22(18)14-21(41-29(36)19-12-24(38-4)28(40-6)25(13-19)39-5)15-23(27)32(30(34)37)33(26(35)17-42-32)20-10-8-7-9-11-20/h7-15,18H,16-17H2,1-6H3/t18-,32-/m0/s1. The molecule has 9 nitrogen and oxygen atoms in total. The number of hydrogen-bond acceptors (Lipinski definition) is 8. The Morgan fingerprint density at radius 3 is 2.21 bits per heavy atom. The number of para-hydroxylation sites is 1. The van der Waals surface area contributed by atoms with Crippen LogP contribution in [0.25, 0.3) is 0 Å². The van der Waals surface area contributed by atoms with Crippen LogP contribution in [0.3, 0.4) is 0 Å². The first-order valence-electron chi connectivity index (χ1n) is 13.6. The fraction of sp³-hybridized carbons (Fsp3) is 0.344. The van der Waals surface area contributed by atoms with Gasteiger partial charge in [-0.15, -0.1) is 11.8 Å². The smallest absolute Gasteiger partial charge is 0.343 e. The highest BCUT2D eigenvalue weighted by molar-refractivity contribution is 8.02. The first-order chi connectivity index (χ1) is 20.1. The molecule has 3 heterocycles. The lowest BCUT2D eigenvalue weighted by molar-refractivity contribution is -0.124. The third kappa shape index (κ3) is 3.95. The quantitative estimate of drug-likeness (QED) is 0.275. The van der Waals surface area contributed by atoms with Crippen molar-refractivity contribution in [3.8, 4) is 23.0 Å². The number of benzene rings is 3. The van der Waals surface area contributed by atoms with Gasteiger partial charge in [-0.2, -0.15) is 0 Å². The van der Waals surface area contributed by atoms with E-state index in [1.807, 2.05) is 41.3 Å². The Labute approximate surface area is 248 Å². The second kappa shape index (κ2) is 9.97. The minimum absolute atomic E-state index is 0.0695. The Morgan fingerprint density at radius 2 is 1.60 bits per heavy atom. The van der Waals surface area contributed by atoms with E-state index in [2.05, 4.69) is 20.8 Å². The van der Waals surface area contributed by atoms with Gasteiger partial charge < -0.3 is 23.8 Å². The molecule has 1 fully saturated rings. The number of carbonyl (C=O) groups is 3. The maximum atomic E-state index is 14.6. The van der Waals surface area contributed by atoms with Crippen LogP contribution in [-0.2, 0) is 14.5 Å². The second-order valence-electron chi connectivity index (χ2n) is 11.3. The summed E-state index contributed by atoms with van der Waals surface area (Å²) in [6.07, 6.45) is 0.704. The average molecular weight is 589 g/mol. The maximum absolute atomic E-state index is 14.6. The van der Waals surface area contributed by atoms with Gasteiger partial charge in [-0.1, -0.05) is 25.1 Å². The normalized spacial score (nSPS) is 21.9. The zero-order valence-electron chi connectivity index (χ0n) is 24.3. The number of carbonyl (C=O) groups excluding carboxylic acids is 3. The van der Waals surface area contributed by atoms with E-state index in [9.17, 15) is 14.4 Å². The summed E-state index contributed by atoms with van der Waals surface area (Å²) >= 11 is 1.31. The number of rotatable bonds is 6. The molecule has 0 radical (unpaired) electrons. The SMILES string of the molecule is COc1cc(C(=O)Oc2cc3c4c(c2)[C@]2(SCC(=O)N2c2ccccc2)C(=O)N4C(C)(C)C[C@@H]3C)cc(OC)c1OC. The molecule has 218 valence electrons. The fourth-order valence-electron chi connectivity index (χ4n) is 6.56. The van der Waals surface area contributed by atoms with Gasteiger partial charge in [0.15, 0.2) is 11.5 Å². The number of nitrogens with zero attached hydrogens (tertiary/aromatic N) is 2. The first kappa shape index (κ1) is 28.0. The minimum atomic E-state index is -1.32. The largest absolute Gasteiger partial charge is 0.493 e. The van der Waals surface area contributed by atoms with Crippen LogP contribution in [0.15, 0.2) is 54.6 Å². The summed E-state index contributed by atoms with van der Waals surface area (Å²) in [5.74, 6) is 0.564. The predicted octanol–water partition coefficient (Wildman–Crippen LogP) is 5.50. The lowest BCUT2D eigenvalue weighted by Gasteiger charge is -2.44. The van der Waals surface area contributed by atoms with Gasteiger partial charge in [0.1, 0.15) is 5.75 Å². The molecular formula is C32H32N2O7S. The highest BCUT2D eigenvalue weighted by atomic mass is 32.2. The van der Waals surface area contributed by atoms with E-state index in [0.29, 0.717) is 34.9 Å². The molecular weight excluding hydrogens is 556 g/mol. The van der Waals surface area contributed by atoms with E-state index in [1.165, 1.54) is 45.2 Å². The van der Waals surface area contributed by atoms with Gasteiger partial charge in [-0.3, -0.25) is 14.5 Å². The van der Waals surface area contributed by atoms with Crippen LogP contribution in [0.4, 0.5) is 11.4 Å². The van der Waals surface area contributed by atoms with E-state index in [0.717, 1.165) is 11.3 Å². The Kier molecular flexibility index (Phi) is 6.64. The summed E-state index contributed by atoms with van der Waals surface area (Å²) in [4.78, 5) is 43.7. The van der Waals surface area contributed by atoms with Crippen molar-refractivity contribution in [2.24, 2.45) is 0 Å². The third-order valence-electron chi connectivity index (χ3n) is 8.23. The fourth-order valence-corrected chi connectivity index (χ4v) is 7.89. The van der Waals surface area contributed by atoms with Crippen LogP contribution in [0, 0.1) is 0 Å². The number of methoxy groups -OCH3 is 3. The summed E-state index contributed by atoms with van der Waals surface area (Å²) in [6, 6.07) is 15.9. The van der Waals surface area contributed by atoms with Gasteiger partial charge in [0.2, 0.25) is 16.5 Å². The molecule has 0 saturated carbocycles. The molecule has 1 spiro atoms. The van der Waals surface area contributed by atoms with Crippen LogP contribution >= 0.6 is 11.8 Å². The summed E-state index contributed by atoms with van der Waals surface area (Å²) in [5.41, 5.74) is 2.70. The van der Waals surface area contributed by atoms with Crippen LogP contribution < -0.4 is 28.7 Å². The van der Waals surface area contributed by atoms with Crippen molar-refractivity contribution in [1.82, 2.24) is 0 Å². The Hall–Kier alpha value is -4.18. The molecule has 0 N–H and O–H groups in total. The number of anilines is 2. The Balaban J connectivity index is 1.50. The monoisotopic (exact) mass is 588 g/mol. The van der Waals surface area contributed by atoms with Gasteiger partial charge in [0.25, 0.3) is 5.91 Å². The van der Waals surface area contributed by atoms with Crippen LogP contribution in [-0.4, -0.2) is 50.4 Å². The van der Waals surface area contributed by atoms with E-state index >= 15 is 0 Å². The van der Waals surface area contributed by atoms with Crippen molar-refractivity contribution in [3.63, 3.8) is 0 Å². The minimum Gasteiger partial charge on any atom is -0.493 e. The molecule has 3 aromatic carbocycles. The van der Waals surface area contributed by atoms with E-state index in [4.69, 9.17) is 18.9 Å². The summed E-state index contributed by atoms with van der Waals surface area (Å²) in [7, 11) is 4.44. The molecule has 0 unspecified atom stereocenters. The highest BCUT2D eigenvalue weighted by Crippen LogP contribution is 2.62. The van der Waals surface area contributed by atoms with Gasteiger partial charge in [0, 0.05) is 16.8 Å². The van der Waals surface area contributed by atoms with Crippen molar-refractivity contribution in [2.45, 2.75) is 43.5 Å². The second-order valence-corrected chi connectivity index (χ2v) is 12.4. The molecule has 0 aliphatic carbocycles. The van der Waals surface area contributed by atoms with Crippen molar-refractivity contribution in [3.05, 3.63) is 71.3 Å². The number of esters is 1. The first-order valence-corrected chi connectivity index (χ1v) is 14.6. The molecule has 6 rings (SSSR count). The van der Waals surface area contributed by atoms with Crippen molar-refractivity contribution >= 4 is 40.9 Å². The van der Waals surface area contributed by atoms with E-state index < -0.39 is 16.4 Å². The van der Waals surface area contributed by atoms with Crippen molar-refractivity contribution < 1.29 is 33.3 Å². The van der Waals surface area contributed by atoms with Crippen LogP contribution in [0.2, 0.25) is 0 Å². The lowest BCUT2D eigenvalue weighted by Crippen LogP contribution is -2.56. The molecule has 10 heteroatoms. The molecule has 42 heavy (non-hydrogen) atoms. The summed E-state index contributed by atoms with van der Waals surface area (Å²) in [5, 5.41) is 0. The molecule has 2 atom stereocenters. The number of fused-ring (bicyclic) bond motifs is 1. The molecule has 3 aliphatic heterocycles. The maximum Gasteiger partial charge on any atom is 0.343 e. The van der Waals surface area contributed by atoms with Gasteiger partial charge in [0.05, 0.1) is 38.3 Å². The summed E-state index contributed by atoms with van der Waals surface area (Å²) < 4.78 is 22.2. The number of amides is 2. The van der Waals surface area contributed by atoms with E-state index in [1.54, 1.807) is 11.0 Å². The Morgan fingerprint density at radius 1 is 0.929 bits per heavy atom.